The van der Waals surface area contributed by atoms with Crippen molar-refractivity contribution in [3.63, 3.8) is 0 Å². The van der Waals surface area contributed by atoms with Gasteiger partial charge in [0, 0.05) is 48.9 Å². The molecule has 1 aromatic heterocycles. The number of amides is 1. The van der Waals surface area contributed by atoms with E-state index in [1.807, 2.05) is 23.1 Å². The van der Waals surface area contributed by atoms with E-state index in [-0.39, 0.29) is 24.6 Å². The maximum atomic E-state index is 12.5. The van der Waals surface area contributed by atoms with Gasteiger partial charge < -0.3 is 25.0 Å². The van der Waals surface area contributed by atoms with Crippen LogP contribution in [0, 0.1) is 0 Å². The van der Waals surface area contributed by atoms with E-state index in [0.717, 1.165) is 36.0 Å². The molecule has 2 saturated heterocycles. The summed E-state index contributed by atoms with van der Waals surface area (Å²) in [5, 5.41) is 7.46. The first-order valence-corrected chi connectivity index (χ1v) is 13.6. The van der Waals surface area contributed by atoms with Gasteiger partial charge >= 0.3 is 0 Å². The molecule has 3 aromatic rings. The molecule has 12 heteroatoms. The molecule has 2 N–H and O–H groups in total. The Hall–Kier alpha value is -3.11. The highest BCUT2D eigenvalue weighted by atomic mass is 35.5. The number of carbonyl (C=O) groups is 2. The summed E-state index contributed by atoms with van der Waals surface area (Å²) in [5.74, 6) is 1.39. The van der Waals surface area contributed by atoms with Gasteiger partial charge in [-0.1, -0.05) is 29.3 Å². The minimum absolute atomic E-state index is 0.0576. The van der Waals surface area contributed by atoms with Crippen molar-refractivity contribution in [2.45, 2.75) is 24.9 Å². The Morgan fingerprint density at radius 1 is 1.21 bits per heavy atom. The van der Waals surface area contributed by atoms with Gasteiger partial charge in [-0.25, -0.2) is 9.97 Å². The molecule has 2 fully saturated rings. The summed E-state index contributed by atoms with van der Waals surface area (Å²) in [6.45, 7) is 2.44. The van der Waals surface area contributed by atoms with Gasteiger partial charge in [-0.15, -0.1) is 0 Å². The topological polar surface area (TPSA) is 106 Å². The van der Waals surface area contributed by atoms with Gasteiger partial charge in [-0.3, -0.25) is 9.59 Å². The van der Waals surface area contributed by atoms with Crippen molar-refractivity contribution in [1.29, 1.82) is 0 Å². The van der Waals surface area contributed by atoms with E-state index in [4.69, 9.17) is 44.3 Å². The number of halogens is 3. The number of nitrogens with one attached hydrogen (secondary N) is 2. The summed E-state index contributed by atoms with van der Waals surface area (Å²) in [6.07, 6.45) is 6.17. The van der Waals surface area contributed by atoms with E-state index in [9.17, 15) is 9.59 Å². The lowest BCUT2D eigenvalue weighted by Gasteiger charge is -2.33. The zero-order chi connectivity index (χ0) is 27.5. The van der Waals surface area contributed by atoms with E-state index in [1.165, 1.54) is 19.3 Å². The maximum absolute atomic E-state index is 12.5. The van der Waals surface area contributed by atoms with Crippen LogP contribution in [0.3, 0.4) is 0 Å². The number of aromatic nitrogens is 2. The predicted molar refractivity (Wildman–Crippen MR) is 152 cm³/mol. The van der Waals surface area contributed by atoms with Crippen LogP contribution >= 0.6 is 34.8 Å². The number of rotatable bonds is 9. The van der Waals surface area contributed by atoms with Gasteiger partial charge in [-0.05, 0) is 54.3 Å². The number of anilines is 1. The third-order valence-corrected chi connectivity index (χ3v) is 7.61. The van der Waals surface area contributed by atoms with Gasteiger partial charge in [0.15, 0.2) is 0 Å². The second-order valence-corrected chi connectivity index (χ2v) is 10.4. The molecule has 204 valence electrons. The molecule has 2 aliphatic rings. The third-order valence-electron chi connectivity index (χ3n) is 6.74. The molecular formula is C27H26Cl3N5O4. The Kier molecular flexibility index (Phi) is 8.42. The third kappa shape index (κ3) is 6.06. The minimum Gasteiger partial charge on any atom is -0.495 e. The number of benzene rings is 2. The molecule has 5 rings (SSSR count). The SMILES string of the molecule is COc1cc(OC/C=C/C(=O)Cl)c(Cl)c(-c2ccc3nc(N[C@@H]4CN[C@H](C(=O)N5CCC5)C4)ncc3c2)c1Cl. The molecule has 2 atom stereocenters. The van der Waals surface area contributed by atoms with Crippen molar-refractivity contribution >= 4 is 62.8 Å². The molecule has 0 spiro atoms. The predicted octanol–water partition coefficient (Wildman–Crippen LogP) is 4.69. The van der Waals surface area contributed by atoms with Crippen LogP contribution in [0.4, 0.5) is 5.95 Å². The molecule has 0 radical (unpaired) electrons. The van der Waals surface area contributed by atoms with Gasteiger partial charge in [-0.2, -0.15) is 0 Å². The zero-order valence-electron chi connectivity index (χ0n) is 21.0. The monoisotopic (exact) mass is 589 g/mol. The van der Waals surface area contributed by atoms with Crippen molar-refractivity contribution < 1.29 is 19.1 Å². The number of methoxy groups -OCH3 is 1. The molecule has 9 nitrogen and oxygen atoms in total. The number of hydrogen-bond donors (Lipinski definition) is 2. The lowest BCUT2D eigenvalue weighted by molar-refractivity contribution is -0.136. The lowest BCUT2D eigenvalue weighted by atomic mass is 10.0. The van der Waals surface area contributed by atoms with Gasteiger partial charge in [0.25, 0.3) is 0 Å². The second kappa shape index (κ2) is 12.0. The average molecular weight is 591 g/mol. The molecule has 2 aromatic carbocycles. The van der Waals surface area contributed by atoms with Crippen LogP contribution in [0.5, 0.6) is 11.5 Å². The number of ether oxygens (including phenoxy) is 2. The lowest BCUT2D eigenvalue weighted by Crippen LogP contribution is -2.49. The Bertz CT molecular complexity index is 1450. The highest BCUT2D eigenvalue weighted by molar-refractivity contribution is 6.66. The summed E-state index contributed by atoms with van der Waals surface area (Å²) in [4.78, 5) is 34.5. The Morgan fingerprint density at radius 2 is 2.00 bits per heavy atom. The standard InChI is InChI=1S/C27H26Cl3N5O4/c1-38-20-12-21(39-9-2-4-22(28)36)25(30)23(24(20)29)15-5-6-18-16(10-15)13-32-27(34-18)33-17-11-19(31-14-17)26(37)35-7-3-8-35/h2,4-6,10,12-13,17,19,31H,3,7-9,11,14H2,1H3,(H,32,33,34)/b4-2+/t17-,19-/m0/s1. The van der Waals surface area contributed by atoms with Crippen LogP contribution in [0.25, 0.3) is 22.0 Å². The summed E-state index contributed by atoms with van der Waals surface area (Å²) in [6, 6.07) is 7.09. The highest BCUT2D eigenvalue weighted by Gasteiger charge is 2.34. The number of allylic oxidation sites excluding steroid dienone is 1. The van der Waals surface area contributed by atoms with Gasteiger partial charge in [0.2, 0.25) is 17.1 Å². The fourth-order valence-electron chi connectivity index (χ4n) is 4.61. The molecule has 2 aliphatic heterocycles. The molecule has 39 heavy (non-hydrogen) atoms. The van der Waals surface area contributed by atoms with Crippen LogP contribution in [-0.2, 0) is 9.59 Å². The Balaban J connectivity index is 1.34. The first-order chi connectivity index (χ1) is 18.8. The largest absolute Gasteiger partial charge is 0.495 e. The van der Waals surface area contributed by atoms with Crippen molar-refractivity contribution in [1.82, 2.24) is 20.2 Å². The van der Waals surface area contributed by atoms with Crippen molar-refractivity contribution in [3.8, 4) is 22.6 Å². The molecule has 3 heterocycles. The smallest absolute Gasteiger partial charge is 0.244 e. The van der Waals surface area contributed by atoms with E-state index < -0.39 is 5.24 Å². The molecule has 1 amide bonds. The molecule has 0 unspecified atom stereocenters. The van der Waals surface area contributed by atoms with Crippen molar-refractivity contribution in [2.75, 3.05) is 38.7 Å². The second-order valence-electron chi connectivity index (χ2n) is 9.28. The average Bonchev–Trinajstić information content (AvgIpc) is 3.35. The summed E-state index contributed by atoms with van der Waals surface area (Å²) < 4.78 is 11.2. The normalized spacial score (nSPS) is 18.8. The maximum Gasteiger partial charge on any atom is 0.244 e. The van der Waals surface area contributed by atoms with Crippen LogP contribution in [-0.4, -0.2) is 71.5 Å². The van der Waals surface area contributed by atoms with Gasteiger partial charge in [0.05, 0.1) is 28.7 Å². The fourth-order valence-corrected chi connectivity index (χ4v) is 5.39. The van der Waals surface area contributed by atoms with E-state index in [0.29, 0.717) is 46.0 Å². The number of likely N-dealkylation sites (tertiary alicyclic amines) is 1. The fraction of sp³-hybridized carbons (Fsp3) is 0.333. The van der Waals surface area contributed by atoms with Crippen LogP contribution in [0.2, 0.25) is 10.0 Å². The zero-order valence-corrected chi connectivity index (χ0v) is 23.3. The van der Waals surface area contributed by atoms with E-state index in [2.05, 4.69) is 20.6 Å². The van der Waals surface area contributed by atoms with Crippen LogP contribution in [0.1, 0.15) is 12.8 Å². The number of carbonyl (C=O) groups excluding carboxylic acids is 2. The first-order valence-electron chi connectivity index (χ1n) is 12.4. The summed E-state index contributed by atoms with van der Waals surface area (Å²) in [7, 11) is 1.50. The summed E-state index contributed by atoms with van der Waals surface area (Å²) >= 11 is 18.7. The van der Waals surface area contributed by atoms with Crippen LogP contribution < -0.4 is 20.1 Å². The van der Waals surface area contributed by atoms with Gasteiger partial charge in [0.1, 0.15) is 18.1 Å². The van der Waals surface area contributed by atoms with Crippen LogP contribution in [0.15, 0.2) is 42.6 Å². The van der Waals surface area contributed by atoms with Crippen molar-refractivity contribution in [2.24, 2.45) is 0 Å². The Morgan fingerprint density at radius 3 is 2.72 bits per heavy atom. The molecule has 0 bridgehead atoms. The first kappa shape index (κ1) is 27.5. The number of hydrogen-bond acceptors (Lipinski definition) is 8. The quantitative estimate of drug-likeness (QED) is 0.273. The number of fused-ring (bicyclic) bond motifs is 1. The number of nitrogens with zero attached hydrogens (tertiary/aromatic N) is 3. The molecule has 0 aliphatic carbocycles. The van der Waals surface area contributed by atoms with E-state index >= 15 is 0 Å². The van der Waals surface area contributed by atoms with Crippen molar-refractivity contribution in [3.05, 3.63) is 52.7 Å². The molecular weight excluding hydrogens is 565 g/mol. The van der Waals surface area contributed by atoms with E-state index in [1.54, 1.807) is 12.3 Å². The highest BCUT2D eigenvalue weighted by Crippen LogP contribution is 2.46. The summed E-state index contributed by atoms with van der Waals surface area (Å²) in [5.41, 5.74) is 1.99. The Labute approximate surface area is 240 Å². The minimum atomic E-state index is -0.600. The molecule has 0 saturated carbocycles.